The number of ether oxygens (including phenoxy) is 3. The second-order valence-electron chi connectivity index (χ2n) is 7.06. The van der Waals surface area contributed by atoms with Gasteiger partial charge in [-0.25, -0.2) is 18.9 Å². The number of nitrogen functional groups attached to an aromatic ring is 1. The molecule has 4 atom stereocenters. The predicted molar refractivity (Wildman–Crippen MR) is 110 cm³/mol. The van der Waals surface area contributed by atoms with Crippen molar-refractivity contribution in [3.05, 3.63) is 11.9 Å². The van der Waals surface area contributed by atoms with Gasteiger partial charge in [0, 0.05) is 13.2 Å². The van der Waals surface area contributed by atoms with Gasteiger partial charge in [-0.2, -0.15) is 0 Å². The number of fused-ring (bicyclic) bond motifs is 1. The quantitative estimate of drug-likeness (QED) is 0.431. The number of halogens is 1. The Kier molecular flexibility index (Phi) is 8.05. The summed E-state index contributed by atoms with van der Waals surface area (Å²) in [6.07, 6.45) is 3.83. The van der Waals surface area contributed by atoms with Gasteiger partial charge in [0.2, 0.25) is 5.16 Å². The fourth-order valence-corrected chi connectivity index (χ4v) is 3.63. The highest BCUT2D eigenvalue weighted by atomic mass is 32.2. The minimum Gasteiger partial charge on any atom is -0.380 e. The second-order valence-corrected chi connectivity index (χ2v) is 7.83. The number of hydrogen-bond acceptors (Lipinski definition) is 8. The number of anilines is 1. The van der Waals surface area contributed by atoms with Crippen molar-refractivity contribution in [2.24, 2.45) is 0 Å². The van der Waals surface area contributed by atoms with Crippen molar-refractivity contribution in [1.82, 2.24) is 19.6 Å². The third-order valence-corrected chi connectivity index (χ3v) is 5.43. The summed E-state index contributed by atoms with van der Waals surface area (Å²) in [7, 11) is 0. The fourth-order valence-electron chi connectivity index (χ4n) is 3.27. The van der Waals surface area contributed by atoms with Crippen LogP contribution in [0.4, 0.5) is 10.2 Å². The molecule has 0 bridgehead atoms. The number of unbranched alkanes of at least 4 members (excludes halogenated alkanes) is 2. The molecule has 3 heterocycles. The standard InChI is InChI=1S/C19H30FN5O3S/c1-4-6-8-26-11-13-16(27-9-7-5-2)14(20)15(28-13)12-10-22-18-17(21)23-19(29-3)24-25(12)18/h10,13-16H,4-9,11H2,1-3H3,(H2,21,23,24)/t13-,14+,15+,16-/m1/s1. The Labute approximate surface area is 174 Å². The molecule has 162 valence electrons. The minimum absolute atomic E-state index is 0.249. The zero-order chi connectivity index (χ0) is 20.8. The normalized spacial score (nSPS) is 24.6. The molecular formula is C19H30FN5O3S. The molecule has 1 aliphatic heterocycles. The molecule has 1 fully saturated rings. The smallest absolute Gasteiger partial charge is 0.209 e. The molecule has 0 aliphatic carbocycles. The number of aromatic nitrogens is 4. The van der Waals surface area contributed by atoms with Gasteiger partial charge < -0.3 is 19.9 Å². The van der Waals surface area contributed by atoms with E-state index in [1.807, 2.05) is 6.26 Å². The summed E-state index contributed by atoms with van der Waals surface area (Å²) >= 11 is 1.35. The SMILES string of the molecule is CCCCOC[C@H]1O[C@@H](c2cnc3c(N)nc(SC)nn23)[C@H](F)[C@@H]1OCCCC. The van der Waals surface area contributed by atoms with Crippen molar-refractivity contribution in [3.63, 3.8) is 0 Å². The largest absolute Gasteiger partial charge is 0.380 e. The number of hydrogen-bond donors (Lipinski definition) is 1. The first-order valence-electron chi connectivity index (χ1n) is 10.1. The third kappa shape index (κ3) is 4.99. The lowest BCUT2D eigenvalue weighted by Gasteiger charge is -2.20. The second kappa shape index (κ2) is 10.5. The maximum absolute atomic E-state index is 15.5. The van der Waals surface area contributed by atoms with Crippen LogP contribution in [0.15, 0.2) is 11.4 Å². The summed E-state index contributed by atoms with van der Waals surface area (Å²) < 4.78 is 34.6. The van der Waals surface area contributed by atoms with E-state index in [9.17, 15) is 0 Å². The Bertz CT molecular complexity index is 793. The molecule has 0 aromatic carbocycles. The number of rotatable bonds is 11. The number of nitrogens with zero attached hydrogens (tertiary/aromatic N) is 4. The summed E-state index contributed by atoms with van der Waals surface area (Å²) in [5, 5.41) is 4.90. The molecule has 29 heavy (non-hydrogen) atoms. The van der Waals surface area contributed by atoms with E-state index in [2.05, 4.69) is 28.9 Å². The van der Waals surface area contributed by atoms with Crippen molar-refractivity contribution < 1.29 is 18.6 Å². The average Bonchev–Trinajstić information content (AvgIpc) is 3.27. The van der Waals surface area contributed by atoms with E-state index in [4.69, 9.17) is 19.9 Å². The van der Waals surface area contributed by atoms with Crippen molar-refractivity contribution in [2.75, 3.05) is 31.8 Å². The molecule has 1 saturated heterocycles. The molecule has 8 nitrogen and oxygen atoms in total. The van der Waals surface area contributed by atoms with Crippen molar-refractivity contribution in [3.8, 4) is 0 Å². The average molecular weight is 428 g/mol. The highest BCUT2D eigenvalue weighted by Crippen LogP contribution is 2.38. The van der Waals surface area contributed by atoms with Gasteiger partial charge in [-0.05, 0) is 19.1 Å². The molecule has 3 rings (SSSR count). The van der Waals surface area contributed by atoms with E-state index in [0.717, 1.165) is 25.7 Å². The Hall–Kier alpha value is -1.49. The number of alkyl halides is 1. The van der Waals surface area contributed by atoms with E-state index in [-0.39, 0.29) is 12.4 Å². The molecule has 0 unspecified atom stereocenters. The first-order chi connectivity index (χ1) is 14.1. The summed E-state index contributed by atoms with van der Waals surface area (Å²) in [6.45, 7) is 5.57. The molecule has 0 amide bonds. The van der Waals surface area contributed by atoms with Crippen LogP contribution < -0.4 is 5.73 Å². The maximum atomic E-state index is 15.5. The Morgan fingerprint density at radius 1 is 1.28 bits per heavy atom. The van der Waals surface area contributed by atoms with Crippen LogP contribution in [0, 0.1) is 0 Å². The van der Waals surface area contributed by atoms with Crippen molar-refractivity contribution in [2.45, 2.75) is 69.2 Å². The molecule has 2 aromatic rings. The van der Waals surface area contributed by atoms with Crippen LogP contribution in [0.2, 0.25) is 0 Å². The molecule has 2 aromatic heterocycles. The molecule has 0 spiro atoms. The minimum atomic E-state index is -1.36. The van der Waals surface area contributed by atoms with Gasteiger partial charge in [-0.1, -0.05) is 38.5 Å². The van der Waals surface area contributed by atoms with Crippen LogP contribution in [0.1, 0.15) is 51.3 Å². The molecule has 0 radical (unpaired) electrons. The Morgan fingerprint density at radius 3 is 2.76 bits per heavy atom. The van der Waals surface area contributed by atoms with E-state index >= 15 is 4.39 Å². The van der Waals surface area contributed by atoms with Crippen LogP contribution >= 0.6 is 11.8 Å². The summed E-state index contributed by atoms with van der Waals surface area (Å²) in [5.74, 6) is 0.249. The van der Waals surface area contributed by atoms with Gasteiger partial charge in [0.15, 0.2) is 17.6 Å². The van der Waals surface area contributed by atoms with Crippen LogP contribution in [0.3, 0.4) is 0 Å². The molecular weight excluding hydrogens is 397 g/mol. The summed E-state index contributed by atoms with van der Waals surface area (Å²) in [4.78, 5) is 8.45. The number of imidazole rings is 1. The summed E-state index contributed by atoms with van der Waals surface area (Å²) in [5.41, 5.74) is 6.87. The van der Waals surface area contributed by atoms with Gasteiger partial charge in [0.1, 0.15) is 18.3 Å². The number of thioether (sulfide) groups is 1. The first kappa shape index (κ1) is 22.2. The first-order valence-corrected chi connectivity index (χ1v) is 11.4. The zero-order valence-electron chi connectivity index (χ0n) is 17.2. The highest BCUT2D eigenvalue weighted by Gasteiger charge is 2.48. The van der Waals surface area contributed by atoms with Gasteiger partial charge in [-0.3, -0.25) is 0 Å². The van der Waals surface area contributed by atoms with Gasteiger partial charge in [0.25, 0.3) is 0 Å². The molecule has 10 heteroatoms. The van der Waals surface area contributed by atoms with E-state index in [1.54, 1.807) is 6.20 Å². The third-order valence-electron chi connectivity index (χ3n) is 4.89. The number of nitrogens with two attached hydrogens (primary N) is 1. The van der Waals surface area contributed by atoms with Gasteiger partial charge in [0.05, 0.1) is 18.5 Å². The molecule has 0 saturated carbocycles. The van der Waals surface area contributed by atoms with Crippen molar-refractivity contribution >= 4 is 23.2 Å². The Balaban J connectivity index is 1.83. The lowest BCUT2D eigenvalue weighted by Crippen LogP contribution is -2.34. The fraction of sp³-hybridized carbons (Fsp3) is 0.737. The molecule has 2 N–H and O–H groups in total. The lowest BCUT2D eigenvalue weighted by atomic mass is 10.1. The van der Waals surface area contributed by atoms with Crippen LogP contribution in [-0.4, -0.2) is 64.0 Å². The van der Waals surface area contributed by atoms with Crippen LogP contribution in [-0.2, 0) is 14.2 Å². The van der Waals surface area contributed by atoms with Crippen LogP contribution in [0.25, 0.3) is 5.65 Å². The van der Waals surface area contributed by atoms with Crippen molar-refractivity contribution in [1.29, 1.82) is 0 Å². The van der Waals surface area contributed by atoms with E-state index in [1.165, 1.54) is 16.3 Å². The summed E-state index contributed by atoms with van der Waals surface area (Å²) in [6, 6.07) is 0. The monoisotopic (exact) mass is 427 g/mol. The maximum Gasteiger partial charge on any atom is 0.209 e. The molecule has 1 aliphatic rings. The van der Waals surface area contributed by atoms with E-state index < -0.39 is 24.5 Å². The zero-order valence-corrected chi connectivity index (χ0v) is 18.0. The Morgan fingerprint density at radius 2 is 2.03 bits per heavy atom. The topological polar surface area (TPSA) is 96.8 Å². The van der Waals surface area contributed by atoms with Gasteiger partial charge >= 0.3 is 0 Å². The van der Waals surface area contributed by atoms with Gasteiger partial charge in [-0.15, -0.1) is 5.10 Å². The lowest BCUT2D eigenvalue weighted by molar-refractivity contribution is -0.0673. The van der Waals surface area contributed by atoms with Crippen LogP contribution in [0.5, 0.6) is 0 Å². The van der Waals surface area contributed by atoms with E-state index in [0.29, 0.717) is 29.7 Å². The predicted octanol–water partition coefficient (Wildman–Crippen LogP) is 3.21. The highest BCUT2D eigenvalue weighted by molar-refractivity contribution is 7.98.